The molecule has 1 fully saturated rings. The molecule has 1 saturated heterocycles. The molecule has 2 N–H and O–H groups in total. The largest absolute Gasteiger partial charge is 0.467 e. The highest BCUT2D eigenvalue weighted by molar-refractivity contribution is 6.30. The molecule has 1 atom stereocenters. The van der Waals surface area contributed by atoms with Crippen LogP contribution in [0.1, 0.15) is 44.9 Å². The van der Waals surface area contributed by atoms with Crippen molar-refractivity contribution in [3.63, 3.8) is 0 Å². The molecule has 4 rings (SSSR count). The van der Waals surface area contributed by atoms with Gasteiger partial charge in [-0.2, -0.15) is 0 Å². The number of nitrogens with zero attached hydrogens (tertiary/aromatic N) is 1. The number of likely N-dealkylation sites (tertiary alicyclic amines) is 1. The molecule has 182 valence electrons. The van der Waals surface area contributed by atoms with Gasteiger partial charge in [0.2, 0.25) is 5.91 Å². The molecule has 1 unspecified atom stereocenters. The van der Waals surface area contributed by atoms with Crippen molar-refractivity contribution in [3.8, 4) is 0 Å². The van der Waals surface area contributed by atoms with Crippen LogP contribution in [0.5, 0.6) is 0 Å². The maximum atomic E-state index is 13.2. The number of amides is 3. The summed E-state index contributed by atoms with van der Waals surface area (Å²) in [6.07, 6.45) is 2.73. The quantitative estimate of drug-likeness (QED) is 0.515. The molecule has 1 aliphatic rings. The van der Waals surface area contributed by atoms with Gasteiger partial charge in [-0.1, -0.05) is 29.3 Å². The van der Waals surface area contributed by atoms with Crippen molar-refractivity contribution in [3.05, 3.63) is 94.4 Å². The molecule has 2 heterocycles. The normalized spacial score (nSPS) is 14.9. The Morgan fingerprint density at radius 3 is 2.43 bits per heavy atom. The highest BCUT2D eigenvalue weighted by Gasteiger charge is 2.34. The molecule has 1 aliphatic heterocycles. The Balaban J connectivity index is 1.44. The summed E-state index contributed by atoms with van der Waals surface area (Å²) in [6, 6.07) is 16.9. The lowest BCUT2D eigenvalue weighted by atomic mass is 9.88. The average Bonchev–Trinajstić information content (AvgIpc) is 3.40. The lowest BCUT2D eigenvalue weighted by molar-refractivity contribution is -0.124. The van der Waals surface area contributed by atoms with Crippen molar-refractivity contribution in [2.45, 2.75) is 32.4 Å². The number of carbonyl (C=O) groups excluding carboxylic acids is 3. The minimum Gasteiger partial charge on any atom is -0.467 e. The molecule has 3 amide bonds. The van der Waals surface area contributed by atoms with E-state index in [0.717, 1.165) is 5.56 Å². The second-order valence-corrected chi connectivity index (χ2v) is 9.19. The molecule has 2 aromatic carbocycles. The molecule has 0 saturated carbocycles. The summed E-state index contributed by atoms with van der Waals surface area (Å²) in [5.41, 5.74) is 2.04. The predicted molar refractivity (Wildman–Crippen MR) is 133 cm³/mol. The number of piperidine rings is 1. The number of rotatable bonds is 7. The molecule has 7 nitrogen and oxygen atoms in total. The van der Waals surface area contributed by atoms with E-state index in [1.165, 1.54) is 0 Å². The van der Waals surface area contributed by atoms with Gasteiger partial charge in [0, 0.05) is 29.2 Å². The average molecular weight is 494 g/mol. The fourth-order valence-electron chi connectivity index (χ4n) is 4.32. The molecular weight excluding hydrogens is 466 g/mol. The lowest BCUT2D eigenvalue weighted by Crippen LogP contribution is -2.53. The molecule has 0 aliphatic carbocycles. The SMILES string of the molecule is Cc1cccc(C(=O)NC(C(=O)NCc2ccco2)C2CCN(C(=O)c3ccc(Cl)cc3)CC2)c1. The number of furan rings is 1. The van der Waals surface area contributed by atoms with Crippen LogP contribution in [0, 0.1) is 12.8 Å². The van der Waals surface area contributed by atoms with Crippen LogP contribution in [0.2, 0.25) is 5.02 Å². The molecule has 0 spiro atoms. The van der Waals surface area contributed by atoms with Gasteiger partial charge in [0.25, 0.3) is 11.8 Å². The van der Waals surface area contributed by atoms with Crippen LogP contribution < -0.4 is 10.6 Å². The first-order chi connectivity index (χ1) is 16.9. The van der Waals surface area contributed by atoms with E-state index in [2.05, 4.69) is 10.6 Å². The van der Waals surface area contributed by atoms with Crippen molar-refractivity contribution in [2.75, 3.05) is 13.1 Å². The number of hydrogen-bond donors (Lipinski definition) is 2. The predicted octanol–water partition coefficient (Wildman–Crippen LogP) is 4.21. The Bertz CT molecular complexity index is 1170. The highest BCUT2D eigenvalue weighted by atomic mass is 35.5. The van der Waals surface area contributed by atoms with Gasteiger partial charge in [-0.3, -0.25) is 14.4 Å². The summed E-state index contributed by atoms with van der Waals surface area (Å²) >= 11 is 5.94. The molecule has 8 heteroatoms. The first-order valence-corrected chi connectivity index (χ1v) is 12.0. The molecule has 35 heavy (non-hydrogen) atoms. The van der Waals surface area contributed by atoms with Gasteiger partial charge in [0.15, 0.2) is 0 Å². The van der Waals surface area contributed by atoms with Crippen LogP contribution in [0.3, 0.4) is 0 Å². The van der Waals surface area contributed by atoms with Gasteiger partial charge in [-0.25, -0.2) is 0 Å². The van der Waals surface area contributed by atoms with Crippen LogP contribution in [0.4, 0.5) is 0 Å². The third-order valence-corrected chi connectivity index (χ3v) is 6.51. The van der Waals surface area contributed by atoms with E-state index in [1.807, 2.05) is 19.1 Å². The van der Waals surface area contributed by atoms with Crippen molar-refractivity contribution in [1.82, 2.24) is 15.5 Å². The summed E-state index contributed by atoms with van der Waals surface area (Å²) < 4.78 is 5.31. The Morgan fingerprint density at radius 1 is 1.03 bits per heavy atom. The Morgan fingerprint density at radius 2 is 1.77 bits per heavy atom. The van der Waals surface area contributed by atoms with Gasteiger partial charge < -0.3 is 20.0 Å². The van der Waals surface area contributed by atoms with Gasteiger partial charge >= 0.3 is 0 Å². The second-order valence-electron chi connectivity index (χ2n) is 8.75. The monoisotopic (exact) mass is 493 g/mol. The van der Waals surface area contributed by atoms with Crippen molar-refractivity contribution in [1.29, 1.82) is 0 Å². The minimum absolute atomic E-state index is 0.0669. The van der Waals surface area contributed by atoms with E-state index in [0.29, 0.717) is 47.8 Å². The fraction of sp³-hybridized carbons (Fsp3) is 0.296. The van der Waals surface area contributed by atoms with Crippen molar-refractivity contribution < 1.29 is 18.8 Å². The molecule has 3 aromatic rings. The lowest BCUT2D eigenvalue weighted by Gasteiger charge is -2.36. The molecular formula is C27H28ClN3O4. The zero-order chi connectivity index (χ0) is 24.8. The number of hydrogen-bond acceptors (Lipinski definition) is 4. The number of benzene rings is 2. The Kier molecular flexibility index (Phi) is 7.87. The van der Waals surface area contributed by atoms with Crippen molar-refractivity contribution >= 4 is 29.3 Å². The number of halogens is 1. The smallest absolute Gasteiger partial charge is 0.253 e. The summed E-state index contributed by atoms with van der Waals surface area (Å²) in [7, 11) is 0. The van der Waals surface area contributed by atoms with Gasteiger partial charge in [0.1, 0.15) is 11.8 Å². The van der Waals surface area contributed by atoms with Crippen LogP contribution in [0.15, 0.2) is 71.3 Å². The first kappa shape index (κ1) is 24.5. The number of aryl methyl sites for hydroxylation is 1. The van der Waals surface area contributed by atoms with Crippen LogP contribution in [-0.4, -0.2) is 41.8 Å². The molecule has 0 bridgehead atoms. The third-order valence-electron chi connectivity index (χ3n) is 6.26. The summed E-state index contributed by atoms with van der Waals surface area (Å²) in [4.78, 5) is 40.8. The fourth-order valence-corrected chi connectivity index (χ4v) is 4.44. The van der Waals surface area contributed by atoms with Gasteiger partial charge in [0.05, 0.1) is 12.8 Å². The van der Waals surface area contributed by atoms with Crippen molar-refractivity contribution in [2.24, 2.45) is 5.92 Å². The molecule has 0 radical (unpaired) electrons. The Labute approximate surface area is 209 Å². The minimum atomic E-state index is -0.731. The maximum Gasteiger partial charge on any atom is 0.253 e. The molecule has 1 aromatic heterocycles. The summed E-state index contributed by atoms with van der Waals surface area (Å²) in [6.45, 7) is 3.14. The summed E-state index contributed by atoms with van der Waals surface area (Å²) in [5, 5.41) is 6.39. The van der Waals surface area contributed by atoms with E-state index in [-0.39, 0.29) is 30.2 Å². The van der Waals surface area contributed by atoms with Crippen LogP contribution in [0.25, 0.3) is 0 Å². The topological polar surface area (TPSA) is 91.7 Å². The summed E-state index contributed by atoms with van der Waals surface area (Å²) in [5.74, 6) is -0.126. The standard InChI is InChI=1S/C27H28ClN3O4/c1-18-4-2-5-21(16-18)25(32)30-24(26(33)29-17-23-6-3-15-35-23)19-11-13-31(14-12-19)27(34)20-7-9-22(28)10-8-20/h2-10,15-16,19,24H,11-14,17H2,1H3,(H,29,33)(H,30,32). The van der Waals surface area contributed by atoms with Gasteiger partial charge in [-0.15, -0.1) is 0 Å². The first-order valence-electron chi connectivity index (χ1n) is 11.6. The zero-order valence-corrected chi connectivity index (χ0v) is 20.3. The van der Waals surface area contributed by atoms with Crippen LogP contribution >= 0.6 is 11.6 Å². The zero-order valence-electron chi connectivity index (χ0n) is 19.5. The van der Waals surface area contributed by atoms with Gasteiger partial charge in [-0.05, 0) is 74.2 Å². The Hall–Kier alpha value is -3.58. The van der Waals surface area contributed by atoms with E-state index in [4.69, 9.17) is 16.0 Å². The van der Waals surface area contributed by atoms with E-state index >= 15 is 0 Å². The highest BCUT2D eigenvalue weighted by Crippen LogP contribution is 2.23. The van der Waals surface area contributed by atoms with E-state index < -0.39 is 6.04 Å². The second kappa shape index (κ2) is 11.2. The maximum absolute atomic E-state index is 13.2. The van der Waals surface area contributed by atoms with Crippen LogP contribution in [-0.2, 0) is 11.3 Å². The number of nitrogens with one attached hydrogen (secondary N) is 2. The third kappa shape index (κ3) is 6.31. The number of carbonyl (C=O) groups is 3. The van der Waals surface area contributed by atoms with E-state index in [1.54, 1.807) is 59.7 Å². The van der Waals surface area contributed by atoms with E-state index in [9.17, 15) is 14.4 Å².